The lowest BCUT2D eigenvalue weighted by molar-refractivity contribution is -0.0545. The van der Waals surface area contributed by atoms with Crippen LogP contribution in [0.15, 0.2) is 17.2 Å². The first-order chi connectivity index (χ1) is 8.97. The molecule has 2 rings (SSSR count). The van der Waals surface area contributed by atoms with Crippen molar-refractivity contribution >= 4 is 5.91 Å². The molecule has 0 spiro atoms. The minimum absolute atomic E-state index is 0. The molecule has 0 aliphatic carbocycles. The van der Waals surface area contributed by atoms with Gasteiger partial charge in [0.2, 0.25) is 0 Å². The fourth-order valence-electron chi connectivity index (χ4n) is 1.90. The van der Waals surface area contributed by atoms with Gasteiger partial charge in [0.25, 0.3) is 11.5 Å². The summed E-state index contributed by atoms with van der Waals surface area (Å²) in [6, 6.07) is 0. The van der Waals surface area contributed by atoms with Gasteiger partial charge in [-0.25, -0.2) is 4.98 Å². The normalized spacial score (nSPS) is 28.9. The number of ether oxygens (including phenoxy) is 1. The van der Waals surface area contributed by atoms with Crippen LogP contribution in [0.5, 0.6) is 0 Å². The van der Waals surface area contributed by atoms with Crippen LogP contribution in [0.1, 0.15) is 16.7 Å². The quantitative estimate of drug-likeness (QED) is 0.439. The number of aliphatic hydroxyl groups is 3. The predicted octanol–water partition coefficient (Wildman–Crippen LogP) is -3.87. The maximum Gasteiger partial charge on any atom is 0.284 e. The average molecular weight is 289 g/mol. The Hall–Kier alpha value is -1.85. The van der Waals surface area contributed by atoms with Crippen molar-refractivity contribution < 1.29 is 30.3 Å². The van der Waals surface area contributed by atoms with E-state index in [0.717, 1.165) is 10.8 Å². The highest BCUT2D eigenvalue weighted by atomic mass is 16.6. The van der Waals surface area contributed by atoms with Crippen molar-refractivity contribution in [1.29, 1.82) is 0 Å². The van der Waals surface area contributed by atoms with Gasteiger partial charge < -0.3 is 31.3 Å². The van der Waals surface area contributed by atoms with Crippen LogP contribution in [0, 0.1) is 0 Å². The fraction of sp³-hybridized carbons (Fsp3) is 0.500. The van der Waals surface area contributed by atoms with E-state index in [1.165, 1.54) is 6.20 Å². The van der Waals surface area contributed by atoms with Crippen LogP contribution >= 0.6 is 0 Å². The molecule has 0 bridgehead atoms. The predicted molar refractivity (Wildman–Crippen MR) is 63.6 cm³/mol. The van der Waals surface area contributed by atoms with E-state index in [9.17, 15) is 19.8 Å². The number of amides is 1. The van der Waals surface area contributed by atoms with Crippen molar-refractivity contribution in [2.75, 3.05) is 6.61 Å². The zero-order valence-corrected chi connectivity index (χ0v) is 10.2. The lowest BCUT2D eigenvalue weighted by Gasteiger charge is -2.17. The number of carbonyl (C=O) groups excluding carboxylic acids is 1. The van der Waals surface area contributed by atoms with Crippen LogP contribution in [0.25, 0.3) is 0 Å². The summed E-state index contributed by atoms with van der Waals surface area (Å²) in [5, 5.41) is 28.3. The molecule has 1 aliphatic rings. The first-order valence-electron chi connectivity index (χ1n) is 5.46. The minimum atomic E-state index is -1.42. The Morgan fingerprint density at radius 1 is 1.45 bits per heavy atom. The fourth-order valence-corrected chi connectivity index (χ4v) is 1.90. The van der Waals surface area contributed by atoms with Crippen LogP contribution in [0.4, 0.5) is 0 Å². The van der Waals surface area contributed by atoms with Crippen LogP contribution in [0.3, 0.4) is 0 Å². The van der Waals surface area contributed by atoms with E-state index >= 15 is 0 Å². The SMILES string of the molecule is NC(=O)c1nccn([C@@H]2O[C@H](CO)[C@@H](O)[C@@H]2O)c1=O.O. The summed E-state index contributed by atoms with van der Waals surface area (Å²) >= 11 is 0. The standard InChI is InChI=1S/C10H13N3O6.H2O/c11-8(17)5-9(18)13(2-1-12-5)10-7(16)6(15)4(3-14)19-10;/h1-2,4,6-7,10,14-16H,3H2,(H2,11,17);1H2/t4-,6-,7+,10-;/m1./s1. The molecule has 0 aromatic carbocycles. The van der Waals surface area contributed by atoms with Gasteiger partial charge in [-0.3, -0.25) is 14.2 Å². The number of nitrogens with two attached hydrogens (primary N) is 1. The maximum absolute atomic E-state index is 11.9. The van der Waals surface area contributed by atoms with Gasteiger partial charge in [0, 0.05) is 12.4 Å². The smallest absolute Gasteiger partial charge is 0.284 e. The van der Waals surface area contributed by atoms with E-state index in [1.54, 1.807) is 0 Å². The third kappa shape index (κ3) is 2.55. The van der Waals surface area contributed by atoms with E-state index in [2.05, 4.69) is 4.98 Å². The van der Waals surface area contributed by atoms with Crippen LogP contribution in [-0.4, -0.2) is 61.2 Å². The molecule has 1 aromatic rings. The Kier molecular flexibility index (Phi) is 4.92. The van der Waals surface area contributed by atoms with E-state index in [0.29, 0.717) is 0 Å². The molecule has 4 atom stereocenters. The van der Waals surface area contributed by atoms with Crippen molar-refractivity contribution in [3.63, 3.8) is 0 Å². The van der Waals surface area contributed by atoms with E-state index < -0.39 is 48.3 Å². The summed E-state index contributed by atoms with van der Waals surface area (Å²) in [5.41, 5.74) is 3.65. The third-order valence-corrected chi connectivity index (χ3v) is 2.89. The summed E-state index contributed by atoms with van der Waals surface area (Å²) in [6.07, 6.45) is -2.66. The molecule has 10 heteroatoms. The molecule has 0 radical (unpaired) electrons. The van der Waals surface area contributed by atoms with Gasteiger partial charge in [-0.05, 0) is 0 Å². The Labute approximate surface area is 112 Å². The third-order valence-electron chi connectivity index (χ3n) is 2.89. The molecule has 7 N–H and O–H groups in total. The number of aromatic nitrogens is 2. The molecule has 0 unspecified atom stereocenters. The number of hydrogen-bond donors (Lipinski definition) is 4. The van der Waals surface area contributed by atoms with Gasteiger partial charge in [-0.1, -0.05) is 0 Å². The molecule has 112 valence electrons. The van der Waals surface area contributed by atoms with E-state index in [1.807, 2.05) is 0 Å². The van der Waals surface area contributed by atoms with Crippen LogP contribution in [-0.2, 0) is 4.74 Å². The lowest BCUT2D eigenvalue weighted by Crippen LogP contribution is -2.38. The first-order valence-corrected chi connectivity index (χ1v) is 5.46. The summed E-state index contributed by atoms with van der Waals surface area (Å²) in [4.78, 5) is 26.5. The Bertz CT molecular complexity index is 546. The van der Waals surface area contributed by atoms with Gasteiger partial charge in [0.1, 0.15) is 18.3 Å². The molecular formula is C10H15N3O7. The van der Waals surface area contributed by atoms with E-state index in [-0.39, 0.29) is 5.48 Å². The maximum atomic E-state index is 11.9. The number of primary amides is 1. The Morgan fingerprint density at radius 3 is 2.60 bits per heavy atom. The minimum Gasteiger partial charge on any atom is -0.412 e. The number of hydrogen-bond acceptors (Lipinski definition) is 7. The van der Waals surface area contributed by atoms with Crippen molar-refractivity contribution in [1.82, 2.24) is 9.55 Å². The van der Waals surface area contributed by atoms with Gasteiger partial charge >= 0.3 is 0 Å². The first kappa shape index (κ1) is 16.2. The highest BCUT2D eigenvalue weighted by molar-refractivity contribution is 5.90. The lowest BCUT2D eigenvalue weighted by atomic mass is 10.1. The second-order valence-corrected chi connectivity index (χ2v) is 4.08. The summed E-state index contributed by atoms with van der Waals surface area (Å²) < 4.78 is 6.07. The highest BCUT2D eigenvalue weighted by Gasteiger charge is 2.43. The molecule has 2 heterocycles. The van der Waals surface area contributed by atoms with Crippen molar-refractivity contribution in [2.24, 2.45) is 5.73 Å². The molecule has 1 amide bonds. The number of rotatable bonds is 3. The molecule has 0 saturated carbocycles. The summed E-state index contributed by atoms with van der Waals surface area (Å²) in [5.74, 6) is -1.01. The number of nitrogens with zero attached hydrogens (tertiary/aromatic N) is 2. The molecule has 20 heavy (non-hydrogen) atoms. The molecule has 1 aliphatic heterocycles. The summed E-state index contributed by atoms with van der Waals surface area (Å²) in [7, 11) is 0. The van der Waals surface area contributed by atoms with Crippen LogP contribution in [0.2, 0.25) is 0 Å². The molecule has 1 fully saturated rings. The Morgan fingerprint density at radius 2 is 2.10 bits per heavy atom. The molecular weight excluding hydrogens is 274 g/mol. The second kappa shape index (κ2) is 6.07. The van der Waals surface area contributed by atoms with Crippen molar-refractivity contribution in [3.05, 3.63) is 28.4 Å². The summed E-state index contributed by atoms with van der Waals surface area (Å²) in [6.45, 7) is -0.517. The van der Waals surface area contributed by atoms with Gasteiger partial charge in [0.15, 0.2) is 11.9 Å². The molecule has 1 aromatic heterocycles. The second-order valence-electron chi connectivity index (χ2n) is 4.08. The zero-order chi connectivity index (χ0) is 14.2. The molecule has 10 nitrogen and oxygen atoms in total. The van der Waals surface area contributed by atoms with Crippen LogP contribution < -0.4 is 11.3 Å². The largest absolute Gasteiger partial charge is 0.412 e. The molecule has 1 saturated heterocycles. The zero-order valence-electron chi connectivity index (χ0n) is 10.2. The van der Waals surface area contributed by atoms with Crippen molar-refractivity contribution in [3.8, 4) is 0 Å². The Balaban J connectivity index is 0.00000200. The monoisotopic (exact) mass is 289 g/mol. The van der Waals surface area contributed by atoms with E-state index in [4.69, 9.17) is 15.6 Å². The number of aliphatic hydroxyl groups excluding tert-OH is 3. The van der Waals surface area contributed by atoms with Gasteiger partial charge in [0.05, 0.1) is 6.61 Å². The number of carbonyl (C=O) groups is 1. The van der Waals surface area contributed by atoms with Crippen molar-refractivity contribution in [2.45, 2.75) is 24.5 Å². The topological polar surface area (TPSA) is 179 Å². The van der Waals surface area contributed by atoms with Gasteiger partial charge in [-0.15, -0.1) is 0 Å². The highest BCUT2D eigenvalue weighted by Crippen LogP contribution is 2.27. The average Bonchev–Trinajstić information content (AvgIpc) is 2.66. The van der Waals surface area contributed by atoms with Gasteiger partial charge in [-0.2, -0.15) is 0 Å².